The minimum Gasteiger partial charge on any atom is -0.334 e. The summed E-state index contributed by atoms with van der Waals surface area (Å²) in [6.07, 6.45) is -2.05. The lowest BCUT2D eigenvalue weighted by Crippen LogP contribution is -2.37. The SMILES string of the molecule is CCCCCN(CC(=O)Nc1ccc(Cl)cc1C(F)(F)F)C(C)=O. The lowest BCUT2D eigenvalue weighted by Gasteiger charge is -2.21. The van der Waals surface area contributed by atoms with Crippen LogP contribution in [0.2, 0.25) is 5.02 Å². The molecule has 24 heavy (non-hydrogen) atoms. The first-order valence-corrected chi connectivity index (χ1v) is 7.95. The molecular weight excluding hydrogens is 345 g/mol. The summed E-state index contributed by atoms with van der Waals surface area (Å²) < 4.78 is 39.0. The highest BCUT2D eigenvalue weighted by molar-refractivity contribution is 6.30. The minimum atomic E-state index is -4.64. The molecule has 0 bridgehead atoms. The number of hydrogen-bond donors (Lipinski definition) is 1. The van der Waals surface area contributed by atoms with Crippen LogP contribution >= 0.6 is 11.6 Å². The summed E-state index contributed by atoms with van der Waals surface area (Å²) in [6.45, 7) is 3.43. The number of halogens is 4. The number of rotatable bonds is 7. The van der Waals surface area contributed by atoms with Gasteiger partial charge in [-0.3, -0.25) is 9.59 Å². The average Bonchev–Trinajstić information content (AvgIpc) is 2.47. The van der Waals surface area contributed by atoms with Crippen molar-refractivity contribution in [3.05, 3.63) is 28.8 Å². The van der Waals surface area contributed by atoms with Crippen LogP contribution in [0, 0.1) is 0 Å². The molecule has 1 aromatic carbocycles. The van der Waals surface area contributed by atoms with Gasteiger partial charge >= 0.3 is 6.18 Å². The van der Waals surface area contributed by atoms with Crippen LogP contribution in [0.4, 0.5) is 18.9 Å². The maximum absolute atomic E-state index is 13.0. The van der Waals surface area contributed by atoms with Crippen molar-refractivity contribution in [3.8, 4) is 0 Å². The third-order valence-electron chi connectivity index (χ3n) is 3.37. The summed E-state index contributed by atoms with van der Waals surface area (Å²) in [5, 5.41) is 2.13. The number of anilines is 1. The Labute approximate surface area is 144 Å². The topological polar surface area (TPSA) is 49.4 Å². The van der Waals surface area contributed by atoms with Crippen LogP contribution in [-0.4, -0.2) is 29.8 Å². The lowest BCUT2D eigenvalue weighted by molar-refractivity contribution is -0.137. The van der Waals surface area contributed by atoms with Gasteiger partial charge in [0.2, 0.25) is 11.8 Å². The zero-order valence-corrected chi connectivity index (χ0v) is 14.3. The molecule has 4 nitrogen and oxygen atoms in total. The van der Waals surface area contributed by atoms with E-state index in [1.165, 1.54) is 17.9 Å². The smallest absolute Gasteiger partial charge is 0.334 e. The molecule has 0 saturated heterocycles. The number of carbonyl (C=O) groups excluding carboxylic acids is 2. The molecule has 0 aliphatic heterocycles. The van der Waals surface area contributed by atoms with Crippen molar-refractivity contribution in [2.75, 3.05) is 18.4 Å². The number of nitrogens with one attached hydrogen (secondary N) is 1. The molecule has 2 amide bonds. The molecule has 8 heteroatoms. The largest absolute Gasteiger partial charge is 0.418 e. The highest BCUT2D eigenvalue weighted by atomic mass is 35.5. The second-order valence-electron chi connectivity index (χ2n) is 5.38. The maximum Gasteiger partial charge on any atom is 0.418 e. The number of hydrogen-bond acceptors (Lipinski definition) is 2. The predicted octanol–water partition coefficient (Wildman–Crippen LogP) is 4.34. The van der Waals surface area contributed by atoms with E-state index in [9.17, 15) is 22.8 Å². The van der Waals surface area contributed by atoms with E-state index in [0.29, 0.717) is 6.54 Å². The van der Waals surface area contributed by atoms with Crippen LogP contribution in [0.3, 0.4) is 0 Å². The van der Waals surface area contributed by atoms with Crippen LogP contribution in [0.1, 0.15) is 38.7 Å². The number of nitrogens with zero attached hydrogens (tertiary/aromatic N) is 1. The van der Waals surface area contributed by atoms with Gasteiger partial charge < -0.3 is 10.2 Å². The first kappa shape index (κ1) is 20.3. The Bertz CT molecular complexity index is 591. The molecule has 0 heterocycles. The van der Waals surface area contributed by atoms with Gasteiger partial charge in [0.15, 0.2) is 0 Å². The summed E-state index contributed by atoms with van der Waals surface area (Å²) in [5.74, 6) is -0.983. The van der Waals surface area contributed by atoms with Crippen LogP contribution in [-0.2, 0) is 15.8 Å². The normalized spacial score (nSPS) is 11.2. The quantitative estimate of drug-likeness (QED) is 0.732. The Balaban J connectivity index is 2.81. The molecule has 1 aromatic rings. The second-order valence-corrected chi connectivity index (χ2v) is 5.82. The van der Waals surface area contributed by atoms with Crippen molar-refractivity contribution in [1.29, 1.82) is 0 Å². The molecule has 0 aromatic heterocycles. The minimum absolute atomic E-state index is 0.0785. The van der Waals surface area contributed by atoms with E-state index >= 15 is 0 Å². The van der Waals surface area contributed by atoms with Gasteiger partial charge in [0, 0.05) is 18.5 Å². The van der Waals surface area contributed by atoms with Crippen molar-refractivity contribution in [2.45, 2.75) is 39.3 Å². The fourth-order valence-corrected chi connectivity index (χ4v) is 2.30. The molecule has 0 unspecified atom stereocenters. The molecule has 0 spiro atoms. The number of benzene rings is 1. The van der Waals surface area contributed by atoms with E-state index < -0.39 is 17.6 Å². The number of carbonyl (C=O) groups is 2. The predicted molar refractivity (Wildman–Crippen MR) is 86.9 cm³/mol. The summed E-state index contributed by atoms with van der Waals surface area (Å²) in [4.78, 5) is 24.9. The van der Waals surface area contributed by atoms with Crippen LogP contribution < -0.4 is 5.32 Å². The van der Waals surface area contributed by atoms with Crippen molar-refractivity contribution < 1.29 is 22.8 Å². The van der Waals surface area contributed by atoms with Crippen molar-refractivity contribution >= 4 is 29.1 Å². The first-order valence-electron chi connectivity index (χ1n) is 7.57. The Morgan fingerprint density at radius 2 is 1.92 bits per heavy atom. The fraction of sp³-hybridized carbons (Fsp3) is 0.500. The average molecular weight is 365 g/mol. The molecule has 134 valence electrons. The monoisotopic (exact) mass is 364 g/mol. The van der Waals surface area contributed by atoms with Crippen LogP contribution in [0.5, 0.6) is 0 Å². The molecule has 0 saturated carbocycles. The van der Waals surface area contributed by atoms with Gasteiger partial charge in [0.05, 0.1) is 17.8 Å². The summed E-state index contributed by atoms with van der Waals surface area (Å²) >= 11 is 5.59. The van der Waals surface area contributed by atoms with Gasteiger partial charge in [-0.25, -0.2) is 0 Å². The van der Waals surface area contributed by atoms with Crippen LogP contribution in [0.15, 0.2) is 18.2 Å². The van der Waals surface area contributed by atoms with Gasteiger partial charge in [0.25, 0.3) is 0 Å². The van der Waals surface area contributed by atoms with E-state index in [1.54, 1.807) is 0 Å². The third-order valence-corrected chi connectivity index (χ3v) is 3.61. The Kier molecular flexibility index (Phi) is 7.54. The standard InChI is InChI=1S/C16H20ClF3N2O2/c1-3-4-5-8-22(11(2)23)10-15(24)21-14-7-6-12(17)9-13(14)16(18,19)20/h6-7,9H,3-5,8,10H2,1-2H3,(H,21,24). The van der Waals surface area contributed by atoms with E-state index in [4.69, 9.17) is 11.6 Å². The summed E-state index contributed by atoms with van der Waals surface area (Å²) in [6, 6.07) is 3.11. The number of amides is 2. The number of unbranched alkanes of at least 4 members (excludes halogenated alkanes) is 2. The van der Waals surface area contributed by atoms with Gasteiger partial charge in [-0.1, -0.05) is 31.4 Å². The fourth-order valence-electron chi connectivity index (χ4n) is 2.12. The molecule has 0 radical (unpaired) electrons. The van der Waals surface area contributed by atoms with E-state index in [0.717, 1.165) is 31.4 Å². The Morgan fingerprint density at radius 1 is 1.25 bits per heavy atom. The molecule has 0 atom stereocenters. The number of alkyl halides is 3. The summed E-state index contributed by atoms with van der Waals surface area (Å²) in [5.41, 5.74) is -1.40. The second kappa shape index (κ2) is 8.92. The van der Waals surface area contributed by atoms with Gasteiger partial charge in [-0.2, -0.15) is 13.2 Å². The van der Waals surface area contributed by atoms with Crippen molar-refractivity contribution in [2.24, 2.45) is 0 Å². The zero-order chi connectivity index (χ0) is 18.3. The molecule has 0 aliphatic carbocycles. The highest BCUT2D eigenvalue weighted by Crippen LogP contribution is 2.36. The molecule has 0 aliphatic rings. The maximum atomic E-state index is 13.0. The molecule has 0 fully saturated rings. The Hall–Kier alpha value is -1.76. The van der Waals surface area contributed by atoms with Crippen molar-refractivity contribution in [3.63, 3.8) is 0 Å². The van der Waals surface area contributed by atoms with Crippen molar-refractivity contribution in [1.82, 2.24) is 4.90 Å². The lowest BCUT2D eigenvalue weighted by atomic mass is 10.1. The Morgan fingerprint density at radius 3 is 2.46 bits per heavy atom. The molecule has 1 N–H and O–H groups in total. The molecule has 1 rings (SSSR count). The summed E-state index contributed by atoms with van der Waals surface area (Å²) in [7, 11) is 0. The first-order chi connectivity index (χ1) is 11.1. The van der Waals surface area contributed by atoms with E-state index in [2.05, 4.69) is 5.32 Å². The van der Waals surface area contributed by atoms with E-state index in [-0.39, 0.29) is 23.2 Å². The zero-order valence-electron chi connectivity index (χ0n) is 13.5. The van der Waals surface area contributed by atoms with Gasteiger partial charge in [-0.15, -0.1) is 0 Å². The molecular formula is C16H20ClF3N2O2. The van der Waals surface area contributed by atoms with Gasteiger partial charge in [0.1, 0.15) is 0 Å². The third kappa shape index (κ3) is 6.39. The van der Waals surface area contributed by atoms with E-state index in [1.807, 2.05) is 6.92 Å². The highest BCUT2D eigenvalue weighted by Gasteiger charge is 2.34. The van der Waals surface area contributed by atoms with Crippen LogP contribution in [0.25, 0.3) is 0 Å². The van der Waals surface area contributed by atoms with Gasteiger partial charge in [-0.05, 0) is 24.6 Å².